The molecule has 0 atom stereocenters. The van der Waals surface area contributed by atoms with Crippen molar-refractivity contribution in [1.82, 2.24) is 4.98 Å². The van der Waals surface area contributed by atoms with Crippen molar-refractivity contribution in [3.05, 3.63) is 66.3 Å². The number of benzene rings is 2. The molecule has 0 aliphatic carbocycles. The minimum Gasteiger partial charge on any atom is -0.493 e. The standard InChI is InChI=1S/C17H14FNO3/c1-20-15-4-2-3-5-16(15)21-10-14-11-22-17(19-14)12-6-8-13(18)9-7-12/h2-9,11H,10H2,1H3. The van der Waals surface area contributed by atoms with Gasteiger partial charge in [-0.05, 0) is 36.4 Å². The molecule has 0 aliphatic heterocycles. The molecule has 2 aromatic carbocycles. The van der Waals surface area contributed by atoms with Gasteiger partial charge in [-0.2, -0.15) is 0 Å². The maximum atomic E-state index is 12.9. The van der Waals surface area contributed by atoms with Crippen LogP contribution in [0.1, 0.15) is 5.69 Å². The Labute approximate surface area is 127 Å². The molecule has 0 bridgehead atoms. The van der Waals surface area contributed by atoms with Crippen LogP contribution in [0.2, 0.25) is 0 Å². The number of aromatic nitrogens is 1. The van der Waals surface area contributed by atoms with Crippen LogP contribution >= 0.6 is 0 Å². The van der Waals surface area contributed by atoms with Gasteiger partial charge in [-0.25, -0.2) is 9.37 Å². The van der Waals surface area contributed by atoms with Crippen LogP contribution in [-0.4, -0.2) is 12.1 Å². The number of hydrogen-bond acceptors (Lipinski definition) is 4. The molecule has 0 N–H and O–H groups in total. The van der Waals surface area contributed by atoms with Crippen molar-refractivity contribution in [2.45, 2.75) is 6.61 Å². The molecule has 5 heteroatoms. The van der Waals surface area contributed by atoms with E-state index >= 15 is 0 Å². The molecule has 3 aromatic rings. The Morgan fingerprint density at radius 3 is 2.50 bits per heavy atom. The van der Waals surface area contributed by atoms with E-state index in [2.05, 4.69) is 4.98 Å². The number of rotatable bonds is 5. The average Bonchev–Trinajstić information content (AvgIpc) is 3.03. The molecular formula is C17H14FNO3. The van der Waals surface area contributed by atoms with Crippen LogP contribution in [-0.2, 0) is 6.61 Å². The topological polar surface area (TPSA) is 44.5 Å². The van der Waals surface area contributed by atoms with Crippen LogP contribution in [0.3, 0.4) is 0 Å². The van der Waals surface area contributed by atoms with Crippen LogP contribution in [0.4, 0.5) is 4.39 Å². The van der Waals surface area contributed by atoms with E-state index in [-0.39, 0.29) is 12.4 Å². The Morgan fingerprint density at radius 2 is 1.77 bits per heavy atom. The van der Waals surface area contributed by atoms with Crippen molar-refractivity contribution in [1.29, 1.82) is 0 Å². The second-order valence-electron chi connectivity index (χ2n) is 4.59. The third-order valence-electron chi connectivity index (χ3n) is 3.09. The van der Waals surface area contributed by atoms with E-state index in [1.807, 2.05) is 24.3 Å². The van der Waals surface area contributed by atoms with Crippen LogP contribution in [0.15, 0.2) is 59.2 Å². The zero-order valence-electron chi connectivity index (χ0n) is 12.0. The average molecular weight is 299 g/mol. The molecule has 0 radical (unpaired) electrons. The highest BCUT2D eigenvalue weighted by molar-refractivity contribution is 5.52. The molecule has 0 aliphatic rings. The highest BCUT2D eigenvalue weighted by Gasteiger charge is 2.09. The molecule has 22 heavy (non-hydrogen) atoms. The van der Waals surface area contributed by atoms with Crippen LogP contribution in [0, 0.1) is 5.82 Å². The van der Waals surface area contributed by atoms with Gasteiger partial charge in [0.05, 0.1) is 7.11 Å². The third kappa shape index (κ3) is 3.09. The van der Waals surface area contributed by atoms with Gasteiger partial charge >= 0.3 is 0 Å². The molecule has 1 heterocycles. The summed E-state index contributed by atoms with van der Waals surface area (Å²) >= 11 is 0. The minimum atomic E-state index is -0.296. The normalized spacial score (nSPS) is 10.5. The SMILES string of the molecule is COc1ccccc1OCc1coc(-c2ccc(F)cc2)n1. The van der Waals surface area contributed by atoms with Gasteiger partial charge in [0.15, 0.2) is 11.5 Å². The number of hydrogen-bond donors (Lipinski definition) is 0. The van der Waals surface area contributed by atoms with Crippen molar-refractivity contribution < 1.29 is 18.3 Å². The van der Waals surface area contributed by atoms with E-state index in [1.54, 1.807) is 19.2 Å². The quantitative estimate of drug-likeness (QED) is 0.712. The van der Waals surface area contributed by atoms with Crippen LogP contribution in [0.25, 0.3) is 11.5 Å². The summed E-state index contributed by atoms with van der Waals surface area (Å²) in [5, 5.41) is 0. The Morgan fingerprint density at radius 1 is 1.05 bits per heavy atom. The Bertz CT molecular complexity index is 753. The minimum absolute atomic E-state index is 0.255. The molecule has 112 valence electrons. The molecule has 0 unspecified atom stereocenters. The number of oxazole rings is 1. The Kier molecular flexibility index (Phi) is 4.05. The molecule has 1 aromatic heterocycles. The summed E-state index contributed by atoms with van der Waals surface area (Å²) in [5.41, 5.74) is 1.36. The summed E-state index contributed by atoms with van der Waals surface area (Å²) in [7, 11) is 1.59. The van der Waals surface area contributed by atoms with Gasteiger partial charge in [0.1, 0.15) is 24.4 Å². The number of halogens is 1. The predicted octanol–water partition coefficient (Wildman–Crippen LogP) is 4.07. The molecule has 0 amide bonds. The van der Waals surface area contributed by atoms with Crippen molar-refractivity contribution in [2.24, 2.45) is 0 Å². The lowest BCUT2D eigenvalue weighted by Gasteiger charge is -2.08. The van der Waals surface area contributed by atoms with Crippen molar-refractivity contribution in [3.8, 4) is 23.0 Å². The van der Waals surface area contributed by atoms with Crippen molar-refractivity contribution in [3.63, 3.8) is 0 Å². The lowest BCUT2D eigenvalue weighted by atomic mass is 10.2. The van der Waals surface area contributed by atoms with Gasteiger partial charge in [-0.15, -0.1) is 0 Å². The number of methoxy groups -OCH3 is 1. The van der Waals surface area contributed by atoms with Gasteiger partial charge in [0.25, 0.3) is 0 Å². The fourth-order valence-electron chi connectivity index (χ4n) is 1.99. The van der Waals surface area contributed by atoms with Crippen molar-refractivity contribution >= 4 is 0 Å². The molecule has 4 nitrogen and oxygen atoms in total. The Hall–Kier alpha value is -2.82. The van der Waals surface area contributed by atoms with Crippen LogP contribution in [0.5, 0.6) is 11.5 Å². The first kappa shape index (κ1) is 14.1. The Balaban J connectivity index is 1.71. The zero-order chi connectivity index (χ0) is 15.4. The summed E-state index contributed by atoms with van der Waals surface area (Å²) in [4.78, 5) is 4.33. The first-order valence-corrected chi connectivity index (χ1v) is 6.72. The predicted molar refractivity (Wildman–Crippen MR) is 79.2 cm³/mol. The van der Waals surface area contributed by atoms with Crippen LogP contribution < -0.4 is 9.47 Å². The van der Waals surface area contributed by atoms with E-state index in [1.165, 1.54) is 18.4 Å². The lowest BCUT2D eigenvalue weighted by molar-refractivity contribution is 0.280. The molecule has 0 spiro atoms. The highest BCUT2D eigenvalue weighted by atomic mass is 19.1. The fourth-order valence-corrected chi connectivity index (χ4v) is 1.99. The smallest absolute Gasteiger partial charge is 0.226 e. The maximum Gasteiger partial charge on any atom is 0.226 e. The first-order valence-electron chi connectivity index (χ1n) is 6.72. The van der Waals surface area contributed by atoms with Crippen molar-refractivity contribution in [2.75, 3.05) is 7.11 Å². The number of ether oxygens (including phenoxy) is 2. The summed E-state index contributed by atoms with van der Waals surface area (Å²) < 4.78 is 29.2. The largest absolute Gasteiger partial charge is 0.493 e. The summed E-state index contributed by atoms with van der Waals surface area (Å²) in [6.07, 6.45) is 1.52. The monoisotopic (exact) mass is 299 g/mol. The molecule has 0 saturated carbocycles. The molecule has 0 fully saturated rings. The molecule has 0 saturated heterocycles. The van der Waals surface area contributed by atoms with Gasteiger partial charge in [-0.3, -0.25) is 0 Å². The first-order chi connectivity index (χ1) is 10.8. The molecule has 3 rings (SSSR count). The van der Waals surface area contributed by atoms with E-state index in [4.69, 9.17) is 13.9 Å². The maximum absolute atomic E-state index is 12.9. The van der Waals surface area contributed by atoms with Gasteiger partial charge < -0.3 is 13.9 Å². The van der Waals surface area contributed by atoms with Gasteiger partial charge in [0.2, 0.25) is 5.89 Å². The summed E-state index contributed by atoms with van der Waals surface area (Å²) in [6, 6.07) is 13.3. The fraction of sp³-hybridized carbons (Fsp3) is 0.118. The number of nitrogens with zero attached hydrogens (tertiary/aromatic N) is 1. The third-order valence-corrected chi connectivity index (χ3v) is 3.09. The second-order valence-corrected chi connectivity index (χ2v) is 4.59. The number of para-hydroxylation sites is 2. The van der Waals surface area contributed by atoms with E-state index < -0.39 is 0 Å². The van der Waals surface area contributed by atoms with Gasteiger partial charge in [-0.1, -0.05) is 12.1 Å². The van der Waals surface area contributed by atoms with E-state index in [0.29, 0.717) is 28.6 Å². The highest BCUT2D eigenvalue weighted by Crippen LogP contribution is 2.27. The summed E-state index contributed by atoms with van der Waals surface area (Å²) in [6.45, 7) is 0.255. The van der Waals surface area contributed by atoms with E-state index in [9.17, 15) is 4.39 Å². The molecular weight excluding hydrogens is 285 g/mol. The van der Waals surface area contributed by atoms with E-state index in [0.717, 1.165) is 0 Å². The lowest BCUT2D eigenvalue weighted by Crippen LogP contribution is -1.97. The van der Waals surface area contributed by atoms with Gasteiger partial charge in [0, 0.05) is 5.56 Å². The summed E-state index contributed by atoms with van der Waals surface area (Å²) in [5.74, 6) is 1.43. The second kappa shape index (κ2) is 6.30. The zero-order valence-corrected chi connectivity index (χ0v) is 12.0.